The summed E-state index contributed by atoms with van der Waals surface area (Å²) in [7, 11) is 0. The van der Waals surface area contributed by atoms with Crippen molar-refractivity contribution in [1.29, 1.82) is 0 Å². The highest BCUT2D eigenvalue weighted by Gasteiger charge is 2.36. The molecule has 6 N–H and O–H groups in total. The Morgan fingerprint density at radius 2 is 1.37 bits per heavy atom. The smallest absolute Gasteiger partial charge is 0.330 e. The molecule has 2 fully saturated rings. The second-order valence-corrected chi connectivity index (χ2v) is 8.41. The Hall–Kier alpha value is -3.14. The molecule has 0 radical (unpaired) electrons. The number of nitrogens with zero attached hydrogens (tertiary/aromatic N) is 2. The van der Waals surface area contributed by atoms with Crippen LogP contribution in [-0.4, -0.2) is 77.2 Å². The first-order chi connectivity index (χ1) is 16.7. The van der Waals surface area contributed by atoms with Crippen molar-refractivity contribution in [1.82, 2.24) is 19.1 Å². The van der Waals surface area contributed by atoms with Gasteiger partial charge in [0.2, 0.25) is 0 Å². The quantitative estimate of drug-likeness (QED) is 0.229. The third-order valence-corrected chi connectivity index (χ3v) is 6.06. The van der Waals surface area contributed by atoms with E-state index in [4.69, 9.17) is 9.47 Å². The van der Waals surface area contributed by atoms with Gasteiger partial charge in [-0.3, -0.25) is 28.7 Å². The minimum absolute atomic E-state index is 0.0120. The Kier molecular flexibility index (Phi) is 7.30. The zero-order valence-corrected chi connectivity index (χ0v) is 18.4. The van der Waals surface area contributed by atoms with Crippen LogP contribution >= 0.6 is 0 Å². The number of aliphatic hydroxyl groups is 4. The molecule has 0 aromatic carbocycles. The fraction of sp³-hybridized carbons (Fsp3) is 0.524. The lowest BCUT2D eigenvalue weighted by atomic mass is 10.2. The van der Waals surface area contributed by atoms with Crippen LogP contribution in [0.15, 0.2) is 37.6 Å². The van der Waals surface area contributed by atoms with Gasteiger partial charge in [-0.05, 0) is 6.42 Å². The maximum atomic E-state index is 12.3. The maximum absolute atomic E-state index is 12.3. The molecular weight excluding hydrogens is 468 g/mol. The van der Waals surface area contributed by atoms with E-state index in [0.717, 1.165) is 9.13 Å². The summed E-state index contributed by atoms with van der Waals surface area (Å²) < 4.78 is 13.2. The van der Waals surface area contributed by atoms with Gasteiger partial charge >= 0.3 is 11.4 Å². The first-order valence-electron chi connectivity index (χ1n) is 11.0. The van der Waals surface area contributed by atoms with Gasteiger partial charge in [0.1, 0.15) is 24.7 Å². The van der Waals surface area contributed by atoms with Crippen LogP contribution in [0.25, 0.3) is 6.08 Å². The zero-order chi connectivity index (χ0) is 25.3. The summed E-state index contributed by atoms with van der Waals surface area (Å²) in [6.45, 7) is -0.849. The maximum Gasteiger partial charge on any atom is 0.330 e. The van der Waals surface area contributed by atoms with Crippen molar-refractivity contribution in [2.75, 3.05) is 13.2 Å². The SMILES string of the molecule is O=c1[nH]c(=O)n([C@H]2C[C@H](O)[C@@H](CO)O2)cc1/C=C/Cc1cn([C@H]2C[C@H](O)[C@@H](CO)O2)c(=O)[nH]c1=O. The van der Waals surface area contributed by atoms with Crippen LogP contribution in [0.2, 0.25) is 0 Å². The number of hydrogen-bond donors (Lipinski definition) is 6. The van der Waals surface area contributed by atoms with Crippen molar-refractivity contribution >= 4 is 6.08 Å². The lowest BCUT2D eigenvalue weighted by Gasteiger charge is -2.15. The lowest BCUT2D eigenvalue weighted by molar-refractivity contribution is -0.0459. The average Bonchev–Trinajstić information content (AvgIpc) is 3.38. The van der Waals surface area contributed by atoms with E-state index in [1.165, 1.54) is 24.5 Å². The van der Waals surface area contributed by atoms with Crippen molar-refractivity contribution in [3.8, 4) is 0 Å². The molecule has 6 atom stereocenters. The van der Waals surface area contributed by atoms with Crippen LogP contribution in [0.3, 0.4) is 0 Å². The van der Waals surface area contributed by atoms with Crippen molar-refractivity contribution in [3.05, 3.63) is 71.3 Å². The lowest BCUT2D eigenvalue weighted by Crippen LogP contribution is -2.34. The number of ether oxygens (including phenoxy) is 2. The monoisotopic (exact) mass is 494 g/mol. The molecule has 2 saturated heterocycles. The first kappa shape index (κ1) is 25.0. The van der Waals surface area contributed by atoms with E-state index in [9.17, 15) is 39.6 Å². The molecule has 0 bridgehead atoms. The van der Waals surface area contributed by atoms with Gasteiger partial charge in [0, 0.05) is 30.8 Å². The van der Waals surface area contributed by atoms with Crippen molar-refractivity contribution in [2.45, 2.75) is 56.1 Å². The van der Waals surface area contributed by atoms with E-state index < -0.39 is 72.6 Å². The molecule has 190 valence electrons. The fourth-order valence-corrected chi connectivity index (χ4v) is 4.13. The summed E-state index contributed by atoms with van der Waals surface area (Å²) in [4.78, 5) is 53.3. The van der Waals surface area contributed by atoms with Gasteiger partial charge in [-0.2, -0.15) is 0 Å². The molecule has 35 heavy (non-hydrogen) atoms. The molecule has 2 aliphatic rings. The highest BCUT2D eigenvalue weighted by molar-refractivity contribution is 5.47. The van der Waals surface area contributed by atoms with Crippen molar-refractivity contribution in [3.63, 3.8) is 0 Å². The minimum atomic E-state index is -0.970. The standard InChI is InChI=1S/C21H26N4O10/c26-8-14-12(28)4-16(34-14)24-6-10(18(30)22-20(24)32)2-1-3-11-7-25(21(33)23-19(11)31)17-5-13(29)15(9-27)35-17/h1-2,6-7,12-17,26-29H,3-5,8-9H2,(H,22,30,32)(H,23,31,33)/b2-1+/t12-,13-,14+,15+,16+,17+/m0/s1. The van der Waals surface area contributed by atoms with E-state index >= 15 is 0 Å². The van der Waals surface area contributed by atoms with Crippen LogP contribution in [0.4, 0.5) is 0 Å². The number of aromatic amines is 2. The van der Waals surface area contributed by atoms with Gasteiger partial charge in [0.15, 0.2) is 0 Å². The van der Waals surface area contributed by atoms with Crippen LogP contribution < -0.4 is 22.5 Å². The van der Waals surface area contributed by atoms with Gasteiger partial charge in [-0.25, -0.2) is 9.59 Å². The molecule has 2 aromatic heterocycles. The minimum Gasteiger partial charge on any atom is -0.394 e. The molecule has 0 saturated carbocycles. The number of aliphatic hydroxyl groups excluding tert-OH is 4. The van der Waals surface area contributed by atoms with E-state index in [0.29, 0.717) is 0 Å². The largest absolute Gasteiger partial charge is 0.394 e. The molecule has 0 aliphatic carbocycles. The molecule has 14 nitrogen and oxygen atoms in total. The van der Waals surface area contributed by atoms with Gasteiger partial charge < -0.3 is 29.9 Å². The Labute approximate surface area is 196 Å². The summed E-state index contributed by atoms with van der Waals surface area (Å²) in [5, 5.41) is 38.3. The predicted octanol–water partition coefficient (Wildman–Crippen LogP) is -3.08. The summed E-state index contributed by atoms with van der Waals surface area (Å²) in [6.07, 6.45) is 0.147. The first-order valence-corrected chi connectivity index (χ1v) is 11.0. The van der Waals surface area contributed by atoms with E-state index in [-0.39, 0.29) is 30.4 Å². The number of hydrogen-bond acceptors (Lipinski definition) is 10. The molecule has 0 unspecified atom stereocenters. The molecule has 4 rings (SSSR count). The molecule has 0 spiro atoms. The number of H-pyrrole nitrogens is 2. The van der Waals surface area contributed by atoms with Crippen LogP contribution in [-0.2, 0) is 15.9 Å². The summed E-state index contributed by atoms with van der Waals surface area (Å²) >= 11 is 0. The second-order valence-electron chi connectivity index (χ2n) is 8.41. The van der Waals surface area contributed by atoms with E-state index in [1.807, 2.05) is 0 Å². The topological polar surface area (TPSA) is 209 Å². The summed E-state index contributed by atoms with van der Waals surface area (Å²) in [5.41, 5.74) is -2.55. The second kappa shape index (κ2) is 10.2. The third-order valence-electron chi connectivity index (χ3n) is 6.06. The van der Waals surface area contributed by atoms with Crippen LogP contribution in [0, 0.1) is 0 Å². The van der Waals surface area contributed by atoms with E-state index in [1.54, 1.807) is 0 Å². The molecule has 14 heteroatoms. The molecule has 0 amide bonds. The fourth-order valence-electron chi connectivity index (χ4n) is 4.13. The Balaban J connectivity index is 1.55. The highest BCUT2D eigenvalue weighted by atomic mass is 16.5. The molecule has 2 aromatic rings. The molecule has 4 heterocycles. The Morgan fingerprint density at radius 3 is 1.89 bits per heavy atom. The molecular formula is C21H26N4O10. The van der Waals surface area contributed by atoms with Crippen molar-refractivity contribution < 1.29 is 29.9 Å². The highest BCUT2D eigenvalue weighted by Crippen LogP contribution is 2.28. The van der Waals surface area contributed by atoms with Crippen LogP contribution in [0.1, 0.15) is 36.4 Å². The average molecular weight is 494 g/mol. The number of nitrogens with one attached hydrogen (secondary N) is 2. The van der Waals surface area contributed by atoms with Gasteiger partial charge in [0.25, 0.3) is 11.1 Å². The van der Waals surface area contributed by atoms with Gasteiger partial charge in [0.05, 0.1) is 31.0 Å². The number of aromatic nitrogens is 4. The Bertz CT molecular complexity index is 1320. The summed E-state index contributed by atoms with van der Waals surface area (Å²) in [5.74, 6) is 0. The van der Waals surface area contributed by atoms with Crippen LogP contribution in [0.5, 0.6) is 0 Å². The van der Waals surface area contributed by atoms with Gasteiger partial charge in [-0.1, -0.05) is 12.2 Å². The number of allylic oxidation sites excluding steroid dienone is 1. The molecule has 2 aliphatic heterocycles. The third kappa shape index (κ3) is 5.12. The normalized spacial score (nSPS) is 28.8. The predicted molar refractivity (Wildman–Crippen MR) is 119 cm³/mol. The number of rotatable bonds is 7. The van der Waals surface area contributed by atoms with E-state index in [2.05, 4.69) is 9.97 Å². The Morgan fingerprint density at radius 1 is 0.857 bits per heavy atom. The summed E-state index contributed by atoms with van der Waals surface area (Å²) in [6, 6.07) is 0. The van der Waals surface area contributed by atoms with Gasteiger partial charge in [-0.15, -0.1) is 0 Å². The zero-order valence-electron chi connectivity index (χ0n) is 18.4. The van der Waals surface area contributed by atoms with Crippen molar-refractivity contribution in [2.24, 2.45) is 0 Å².